The summed E-state index contributed by atoms with van der Waals surface area (Å²) in [6.07, 6.45) is 6.70. The zero-order chi connectivity index (χ0) is 14.8. The molecule has 1 aromatic heterocycles. The fourth-order valence-electron chi connectivity index (χ4n) is 3.25. The Morgan fingerprint density at radius 1 is 1.29 bits per heavy atom. The fraction of sp³-hybridized carbons (Fsp3) is 0.471. The lowest BCUT2D eigenvalue weighted by molar-refractivity contribution is -0.677. The summed E-state index contributed by atoms with van der Waals surface area (Å²) >= 11 is 0. The number of nitrogens with zero attached hydrogens (tertiary/aromatic N) is 3. The van der Waals surface area contributed by atoms with E-state index >= 15 is 0 Å². The van der Waals surface area contributed by atoms with Gasteiger partial charge in [0.2, 0.25) is 0 Å². The number of aryl methyl sites for hydroxylation is 1. The summed E-state index contributed by atoms with van der Waals surface area (Å²) in [5.74, 6) is 2.80. The molecule has 0 saturated carbocycles. The molecule has 1 atom stereocenters. The van der Waals surface area contributed by atoms with Crippen LogP contribution >= 0.6 is 0 Å². The molecule has 0 N–H and O–H groups in total. The molecule has 1 saturated heterocycles. The second-order valence-electron chi connectivity index (χ2n) is 5.79. The number of rotatable bonds is 3. The number of benzene rings is 1. The van der Waals surface area contributed by atoms with Crippen LogP contribution in [-0.4, -0.2) is 24.9 Å². The SMILES string of the molecule is COc1ccccc1C1CCCN(n2cc[n+](C)c2C)C1. The highest BCUT2D eigenvalue weighted by molar-refractivity contribution is 5.37. The maximum absolute atomic E-state index is 5.54. The van der Waals surface area contributed by atoms with Crippen LogP contribution in [0, 0.1) is 6.92 Å². The van der Waals surface area contributed by atoms with E-state index in [4.69, 9.17) is 4.74 Å². The van der Waals surface area contributed by atoms with Gasteiger partial charge in [0.05, 0.1) is 27.2 Å². The largest absolute Gasteiger partial charge is 0.496 e. The number of methoxy groups -OCH3 is 1. The van der Waals surface area contributed by atoms with Crippen molar-refractivity contribution >= 4 is 0 Å². The summed E-state index contributed by atoms with van der Waals surface area (Å²) in [6, 6.07) is 8.42. The first-order chi connectivity index (χ1) is 10.2. The molecule has 1 aliphatic rings. The minimum Gasteiger partial charge on any atom is -0.496 e. The topological polar surface area (TPSA) is 21.3 Å². The van der Waals surface area contributed by atoms with Gasteiger partial charge in [0, 0.05) is 12.8 Å². The Hall–Kier alpha value is -1.97. The van der Waals surface area contributed by atoms with E-state index in [2.05, 4.69) is 58.8 Å². The van der Waals surface area contributed by atoms with Crippen molar-refractivity contribution in [3.63, 3.8) is 0 Å². The second-order valence-corrected chi connectivity index (χ2v) is 5.79. The molecular formula is C17H24N3O+. The van der Waals surface area contributed by atoms with Gasteiger partial charge in [-0.25, -0.2) is 9.58 Å². The van der Waals surface area contributed by atoms with Crippen LogP contribution in [-0.2, 0) is 7.05 Å². The van der Waals surface area contributed by atoms with Crippen molar-refractivity contribution in [1.82, 2.24) is 4.68 Å². The van der Waals surface area contributed by atoms with E-state index in [-0.39, 0.29) is 0 Å². The number of ether oxygens (including phenoxy) is 1. The molecule has 1 aromatic carbocycles. The van der Waals surface area contributed by atoms with Gasteiger partial charge in [0.25, 0.3) is 5.82 Å². The predicted molar refractivity (Wildman–Crippen MR) is 83.3 cm³/mol. The maximum atomic E-state index is 5.54. The van der Waals surface area contributed by atoms with Gasteiger partial charge in [-0.05, 0) is 24.5 Å². The van der Waals surface area contributed by atoms with Crippen LogP contribution in [0.2, 0.25) is 0 Å². The van der Waals surface area contributed by atoms with Gasteiger partial charge in [-0.3, -0.25) is 0 Å². The summed E-state index contributed by atoms with van der Waals surface area (Å²) in [5, 5.41) is 2.44. The summed E-state index contributed by atoms with van der Waals surface area (Å²) in [7, 11) is 3.85. The molecule has 112 valence electrons. The standard InChI is InChI=1S/C17H24N3O/c1-14-18(2)11-12-20(14)19-10-6-7-15(13-19)16-8-4-5-9-17(16)21-3/h4-5,8-9,11-12,15H,6-7,10,13H2,1-3H3/q+1. The Balaban J connectivity index is 1.84. The molecule has 0 aliphatic carbocycles. The Morgan fingerprint density at radius 3 is 2.81 bits per heavy atom. The van der Waals surface area contributed by atoms with Crippen molar-refractivity contribution in [3.05, 3.63) is 48.0 Å². The fourth-order valence-corrected chi connectivity index (χ4v) is 3.25. The van der Waals surface area contributed by atoms with Crippen molar-refractivity contribution in [1.29, 1.82) is 0 Å². The van der Waals surface area contributed by atoms with Gasteiger partial charge >= 0.3 is 0 Å². The van der Waals surface area contributed by atoms with Crippen molar-refractivity contribution in [2.24, 2.45) is 7.05 Å². The highest BCUT2D eigenvalue weighted by Gasteiger charge is 2.27. The van der Waals surface area contributed by atoms with Crippen LogP contribution in [0.4, 0.5) is 0 Å². The lowest BCUT2D eigenvalue weighted by atomic mass is 9.90. The minimum atomic E-state index is 0.530. The van der Waals surface area contributed by atoms with Gasteiger partial charge < -0.3 is 4.74 Å². The number of hydrogen-bond acceptors (Lipinski definition) is 2. The lowest BCUT2D eigenvalue weighted by Gasteiger charge is -2.32. The van der Waals surface area contributed by atoms with E-state index < -0.39 is 0 Å². The summed E-state index contributed by atoms with van der Waals surface area (Å²) in [5.41, 5.74) is 1.33. The molecular weight excluding hydrogens is 262 g/mol. The van der Waals surface area contributed by atoms with Gasteiger partial charge in [-0.15, -0.1) is 4.68 Å². The van der Waals surface area contributed by atoms with E-state index in [1.165, 1.54) is 24.2 Å². The zero-order valence-corrected chi connectivity index (χ0v) is 13.1. The third-order valence-corrected chi connectivity index (χ3v) is 4.56. The molecule has 0 spiro atoms. The van der Waals surface area contributed by atoms with Crippen LogP contribution in [0.25, 0.3) is 0 Å². The predicted octanol–water partition coefficient (Wildman–Crippen LogP) is 2.15. The first-order valence-corrected chi connectivity index (χ1v) is 7.62. The number of imidazole rings is 1. The summed E-state index contributed by atoms with van der Waals surface area (Å²) in [6.45, 7) is 4.31. The average molecular weight is 286 g/mol. The Kier molecular flexibility index (Phi) is 3.86. The minimum absolute atomic E-state index is 0.530. The monoisotopic (exact) mass is 286 g/mol. The molecule has 0 bridgehead atoms. The van der Waals surface area contributed by atoms with Gasteiger partial charge in [0.1, 0.15) is 11.9 Å². The lowest BCUT2D eigenvalue weighted by Crippen LogP contribution is -2.44. The number of piperidine rings is 1. The molecule has 2 heterocycles. The van der Waals surface area contributed by atoms with Crippen molar-refractivity contribution < 1.29 is 9.30 Å². The molecule has 21 heavy (non-hydrogen) atoms. The van der Waals surface area contributed by atoms with Crippen LogP contribution < -0.4 is 14.3 Å². The van der Waals surface area contributed by atoms with Gasteiger partial charge in [-0.1, -0.05) is 18.2 Å². The second kappa shape index (κ2) is 5.80. The van der Waals surface area contributed by atoms with Crippen LogP contribution in [0.3, 0.4) is 0 Å². The van der Waals surface area contributed by atoms with Crippen molar-refractivity contribution in [2.45, 2.75) is 25.7 Å². The summed E-state index contributed by atoms with van der Waals surface area (Å²) < 4.78 is 9.98. The third-order valence-electron chi connectivity index (χ3n) is 4.56. The highest BCUT2D eigenvalue weighted by Crippen LogP contribution is 2.32. The van der Waals surface area contributed by atoms with Crippen LogP contribution in [0.5, 0.6) is 5.75 Å². The Bertz CT molecular complexity index is 620. The Labute approximate surface area is 126 Å². The van der Waals surface area contributed by atoms with E-state index in [0.29, 0.717) is 5.92 Å². The zero-order valence-electron chi connectivity index (χ0n) is 13.1. The van der Waals surface area contributed by atoms with E-state index in [1.807, 2.05) is 6.07 Å². The molecule has 0 radical (unpaired) electrons. The van der Waals surface area contributed by atoms with Gasteiger partial charge in [-0.2, -0.15) is 0 Å². The number of para-hydroxylation sites is 1. The maximum Gasteiger partial charge on any atom is 0.276 e. The van der Waals surface area contributed by atoms with E-state index in [9.17, 15) is 0 Å². The van der Waals surface area contributed by atoms with E-state index in [1.54, 1.807) is 7.11 Å². The normalized spacial score (nSPS) is 18.8. The van der Waals surface area contributed by atoms with Gasteiger partial charge in [0.15, 0.2) is 6.20 Å². The molecule has 3 rings (SSSR count). The quantitative estimate of drug-likeness (QED) is 0.806. The molecule has 1 fully saturated rings. The van der Waals surface area contributed by atoms with Crippen LogP contribution in [0.15, 0.2) is 36.7 Å². The summed E-state index contributed by atoms with van der Waals surface area (Å²) in [4.78, 5) is 0. The first kappa shape index (κ1) is 14.0. The molecule has 1 aliphatic heterocycles. The molecule has 2 aromatic rings. The molecule has 0 amide bonds. The smallest absolute Gasteiger partial charge is 0.276 e. The molecule has 4 heteroatoms. The third kappa shape index (κ3) is 2.62. The molecule has 4 nitrogen and oxygen atoms in total. The van der Waals surface area contributed by atoms with Crippen molar-refractivity contribution in [2.75, 3.05) is 25.2 Å². The highest BCUT2D eigenvalue weighted by atomic mass is 16.5. The molecule has 1 unspecified atom stereocenters. The first-order valence-electron chi connectivity index (χ1n) is 7.62. The van der Waals surface area contributed by atoms with E-state index in [0.717, 1.165) is 18.8 Å². The number of hydrogen-bond donors (Lipinski definition) is 0. The van der Waals surface area contributed by atoms with Crippen LogP contribution in [0.1, 0.15) is 30.1 Å². The van der Waals surface area contributed by atoms with Crippen molar-refractivity contribution in [3.8, 4) is 5.75 Å². The average Bonchev–Trinajstić information content (AvgIpc) is 2.87. The number of aromatic nitrogens is 2. The Morgan fingerprint density at radius 2 is 2.10 bits per heavy atom.